The van der Waals surface area contributed by atoms with Gasteiger partial charge in [-0.3, -0.25) is 9.59 Å². The van der Waals surface area contributed by atoms with Crippen molar-refractivity contribution in [3.63, 3.8) is 0 Å². The molecular formula is C19H30N2O3. The van der Waals surface area contributed by atoms with Crippen LogP contribution in [0.4, 0.5) is 0 Å². The van der Waals surface area contributed by atoms with Crippen molar-refractivity contribution >= 4 is 11.8 Å². The van der Waals surface area contributed by atoms with Gasteiger partial charge in [-0.1, -0.05) is 26.0 Å². The van der Waals surface area contributed by atoms with Gasteiger partial charge in [0, 0.05) is 26.6 Å². The molecule has 0 heterocycles. The van der Waals surface area contributed by atoms with E-state index in [9.17, 15) is 9.59 Å². The first kappa shape index (κ1) is 20.0. The third kappa shape index (κ3) is 6.60. The van der Waals surface area contributed by atoms with Crippen molar-refractivity contribution in [1.29, 1.82) is 0 Å². The van der Waals surface area contributed by atoms with Crippen LogP contribution >= 0.6 is 0 Å². The highest BCUT2D eigenvalue weighted by molar-refractivity contribution is 5.83. The number of benzene rings is 1. The van der Waals surface area contributed by atoms with Crippen LogP contribution in [-0.2, 0) is 16.0 Å². The van der Waals surface area contributed by atoms with Crippen LogP contribution in [0.5, 0.6) is 5.75 Å². The van der Waals surface area contributed by atoms with Gasteiger partial charge in [0.2, 0.25) is 11.8 Å². The van der Waals surface area contributed by atoms with E-state index in [-0.39, 0.29) is 18.4 Å². The Morgan fingerprint density at radius 3 is 2.25 bits per heavy atom. The lowest BCUT2D eigenvalue weighted by Crippen LogP contribution is -2.43. The van der Waals surface area contributed by atoms with Gasteiger partial charge in [0.15, 0.2) is 0 Å². The summed E-state index contributed by atoms with van der Waals surface area (Å²) in [6, 6.07) is 7.79. The Bertz CT molecular complexity index is 525. The van der Waals surface area contributed by atoms with E-state index in [0.717, 1.165) is 37.2 Å². The van der Waals surface area contributed by atoms with Gasteiger partial charge in [0.1, 0.15) is 5.75 Å². The molecule has 5 nitrogen and oxygen atoms in total. The predicted octanol–water partition coefficient (Wildman–Crippen LogP) is 2.73. The van der Waals surface area contributed by atoms with Gasteiger partial charge < -0.3 is 14.5 Å². The van der Waals surface area contributed by atoms with Crippen molar-refractivity contribution in [3.05, 3.63) is 29.8 Å². The van der Waals surface area contributed by atoms with Gasteiger partial charge in [-0.15, -0.1) is 0 Å². The number of methoxy groups -OCH3 is 1. The van der Waals surface area contributed by atoms with Crippen LogP contribution in [0.1, 0.15) is 39.2 Å². The number of ether oxygens (including phenoxy) is 1. The second-order valence-corrected chi connectivity index (χ2v) is 5.92. The van der Waals surface area contributed by atoms with E-state index in [4.69, 9.17) is 4.74 Å². The van der Waals surface area contributed by atoms with Crippen molar-refractivity contribution in [2.75, 3.05) is 33.3 Å². The lowest BCUT2D eigenvalue weighted by molar-refractivity contribution is -0.139. The molecule has 1 aromatic carbocycles. The maximum Gasteiger partial charge on any atom is 0.242 e. The van der Waals surface area contributed by atoms with Crippen molar-refractivity contribution in [3.8, 4) is 5.75 Å². The van der Waals surface area contributed by atoms with Crippen molar-refractivity contribution in [2.45, 2.75) is 40.0 Å². The van der Waals surface area contributed by atoms with E-state index in [1.165, 1.54) is 6.92 Å². The van der Waals surface area contributed by atoms with Crippen LogP contribution in [0.2, 0.25) is 0 Å². The summed E-state index contributed by atoms with van der Waals surface area (Å²) in [5, 5.41) is 0. The number of carbonyl (C=O) groups excluding carboxylic acids is 2. The lowest BCUT2D eigenvalue weighted by atomic mass is 10.1. The molecule has 0 saturated carbocycles. The summed E-state index contributed by atoms with van der Waals surface area (Å²) in [6.45, 7) is 7.80. The average Bonchev–Trinajstić information content (AvgIpc) is 2.58. The van der Waals surface area contributed by atoms with E-state index in [0.29, 0.717) is 13.0 Å². The van der Waals surface area contributed by atoms with Crippen LogP contribution in [-0.4, -0.2) is 54.9 Å². The zero-order valence-corrected chi connectivity index (χ0v) is 15.4. The molecule has 1 rings (SSSR count). The summed E-state index contributed by atoms with van der Waals surface area (Å²) in [6.07, 6.45) is 2.55. The SMILES string of the molecule is CCCN(CCC)C(=O)CN(CCc1cccc(OC)c1)C(C)=O. The fourth-order valence-corrected chi connectivity index (χ4v) is 2.60. The van der Waals surface area contributed by atoms with E-state index in [1.807, 2.05) is 29.2 Å². The van der Waals surface area contributed by atoms with Crippen LogP contribution in [0.25, 0.3) is 0 Å². The van der Waals surface area contributed by atoms with Gasteiger partial charge in [0.25, 0.3) is 0 Å². The minimum absolute atomic E-state index is 0.0274. The Balaban J connectivity index is 2.65. The maximum atomic E-state index is 12.5. The highest BCUT2D eigenvalue weighted by Crippen LogP contribution is 2.13. The van der Waals surface area contributed by atoms with Gasteiger partial charge in [-0.2, -0.15) is 0 Å². The van der Waals surface area contributed by atoms with Crippen molar-refractivity contribution < 1.29 is 14.3 Å². The molecule has 0 spiro atoms. The third-order valence-corrected chi connectivity index (χ3v) is 3.92. The molecule has 134 valence electrons. The molecule has 0 saturated heterocycles. The first-order chi connectivity index (χ1) is 11.5. The fraction of sp³-hybridized carbons (Fsp3) is 0.579. The largest absolute Gasteiger partial charge is 0.497 e. The van der Waals surface area contributed by atoms with Gasteiger partial charge in [-0.25, -0.2) is 0 Å². The molecule has 0 atom stereocenters. The van der Waals surface area contributed by atoms with Gasteiger partial charge >= 0.3 is 0 Å². The summed E-state index contributed by atoms with van der Waals surface area (Å²) in [5.74, 6) is 0.758. The Morgan fingerprint density at radius 2 is 1.71 bits per heavy atom. The molecule has 2 amide bonds. The zero-order valence-electron chi connectivity index (χ0n) is 15.4. The molecule has 5 heteroatoms. The molecule has 0 aliphatic carbocycles. The molecule has 24 heavy (non-hydrogen) atoms. The molecular weight excluding hydrogens is 304 g/mol. The molecule has 0 aliphatic rings. The normalized spacial score (nSPS) is 10.3. The van der Waals surface area contributed by atoms with Crippen LogP contribution in [0.15, 0.2) is 24.3 Å². The summed E-state index contributed by atoms with van der Waals surface area (Å²) < 4.78 is 5.22. The highest BCUT2D eigenvalue weighted by Gasteiger charge is 2.18. The lowest BCUT2D eigenvalue weighted by Gasteiger charge is -2.26. The van der Waals surface area contributed by atoms with E-state index in [2.05, 4.69) is 13.8 Å². The second kappa shape index (κ2) is 10.7. The van der Waals surface area contributed by atoms with E-state index < -0.39 is 0 Å². The maximum absolute atomic E-state index is 12.5. The molecule has 0 bridgehead atoms. The summed E-state index contributed by atoms with van der Waals surface area (Å²) >= 11 is 0. The monoisotopic (exact) mass is 334 g/mol. The Kier molecular flexibility index (Phi) is 8.90. The van der Waals surface area contributed by atoms with E-state index in [1.54, 1.807) is 12.0 Å². The van der Waals surface area contributed by atoms with Crippen LogP contribution < -0.4 is 4.74 Å². The Labute approximate surface area is 145 Å². The molecule has 0 unspecified atom stereocenters. The zero-order chi connectivity index (χ0) is 17.9. The molecule has 1 aromatic rings. The van der Waals surface area contributed by atoms with Crippen LogP contribution in [0.3, 0.4) is 0 Å². The van der Waals surface area contributed by atoms with Crippen LogP contribution in [0, 0.1) is 0 Å². The minimum Gasteiger partial charge on any atom is -0.497 e. The number of rotatable bonds is 10. The standard InChI is InChI=1S/C19H30N2O3/c1-5-11-20(12-6-2)19(23)15-21(16(3)22)13-10-17-8-7-9-18(14-17)24-4/h7-9,14H,5-6,10-13,15H2,1-4H3. The minimum atomic E-state index is -0.0702. The number of amides is 2. The smallest absolute Gasteiger partial charge is 0.242 e. The number of nitrogens with zero attached hydrogens (tertiary/aromatic N) is 2. The average molecular weight is 334 g/mol. The fourth-order valence-electron chi connectivity index (χ4n) is 2.60. The number of hydrogen-bond donors (Lipinski definition) is 0. The van der Waals surface area contributed by atoms with Gasteiger partial charge in [-0.05, 0) is 37.0 Å². The molecule has 0 N–H and O–H groups in total. The molecule has 0 aromatic heterocycles. The number of hydrogen-bond acceptors (Lipinski definition) is 3. The van der Waals surface area contributed by atoms with Crippen molar-refractivity contribution in [2.24, 2.45) is 0 Å². The van der Waals surface area contributed by atoms with E-state index >= 15 is 0 Å². The van der Waals surface area contributed by atoms with Gasteiger partial charge in [0.05, 0.1) is 13.7 Å². The number of carbonyl (C=O) groups is 2. The molecule has 0 aliphatic heterocycles. The topological polar surface area (TPSA) is 49.9 Å². The summed E-state index contributed by atoms with van der Waals surface area (Å²) in [7, 11) is 1.63. The first-order valence-corrected chi connectivity index (χ1v) is 8.68. The summed E-state index contributed by atoms with van der Waals surface area (Å²) in [4.78, 5) is 27.8. The summed E-state index contributed by atoms with van der Waals surface area (Å²) in [5.41, 5.74) is 1.09. The quantitative estimate of drug-likeness (QED) is 0.661. The van der Waals surface area contributed by atoms with Crippen molar-refractivity contribution in [1.82, 2.24) is 9.80 Å². The highest BCUT2D eigenvalue weighted by atomic mass is 16.5. The predicted molar refractivity (Wildman–Crippen MR) is 96.1 cm³/mol. The second-order valence-electron chi connectivity index (χ2n) is 5.92. The Morgan fingerprint density at radius 1 is 1.04 bits per heavy atom. The molecule has 0 fully saturated rings. The molecule has 0 radical (unpaired) electrons. The Hall–Kier alpha value is -2.04. The third-order valence-electron chi connectivity index (χ3n) is 3.92. The first-order valence-electron chi connectivity index (χ1n) is 8.68.